The maximum Gasteiger partial charge on any atom is 0.335 e. The van der Waals surface area contributed by atoms with Gasteiger partial charge in [-0.05, 0) is 52.7 Å². The van der Waals surface area contributed by atoms with Crippen molar-refractivity contribution in [3.8, 4) is 11.5 Å². The average Bonchev–Trinajstić information content (AvgIpc) is 2.84. The van der Waals surface area contributed by atoms with Gasteiger partial charge >= 0.3 is 5.97 Å². The van der Waals surface area contributed by atoms with E-state index in [4.69, 9.17) is 9.52 Å². The number of rotatable bonds is 2. The molecule has 0 aliphatic heterocycles. The van der Waals surface area contributed by atoms with Crippen LogP contribution in [0.2, 0.25) is 0 Å². The molecule has 0 spiro atoms. The molecule has 0 radical (unpaired) electrons. The number of nitrogens with zero attached hydrogens (tertiary/aromatic N) is 1. The van der Waals surface area contributed by atoms with Crippen LogP contribution in [0.25, 0.3) is 22.6 Å². The van der Waals surface area contributed by atoms with Crippen LogP contribution in [0.5, 0.6) is 0 Å². The SMILES string of the molecule is Cc1cccc(-c2nc3cc(C(=O)O)ccc3o2)c1Br. The van der Waals surface area contributed by atoms with Crippen molar-refractivity contribution in [3.63, 3.8) is 0 Å². The minimum atomic E-state index is -0.979. The van der Waals surface area contributed by atoms with Gasteiger partial charge in [0.25, 0.3) is 0 Å². The van der Waals surface area contributed by atoms with Gasteiger partial charge in [-0.2, -0.15) is 0 Å². The lowest BCUT2D eigenvalue weighted by molar-refractivity contribution is 0.0697. The van der Waals surface area contributed by atoms with E-state index in [0.29, 0.717) is 17.0 Å². The predicted molar refractivity (Wildman–Crippen MR) is 78.8 cm³/mol. The number of aryl methyl sites for hydroxylation is 1. The third kappa shape index (κ3) is 2.10. The monoisotopic (exact) mass is 331 g/mol. The Morgan fingerprint density at radius 2 is 2.10 bits per heavy atom. The number of fused-ring (bicyclic) bond motifs is 1. The second-order valence-corrected chi connectivity index (χ2v) is 5.24. The molecular formula is C15H10BrNO3. The highest BCUT2D eigenvalue weighted by Crippen LogP contribution is 2.32. The highest BCUT2D eigenvalue weighted by molar-refractivity contribution is 9.10. The van der Waals surface area contributed by atoms with E-state index in [2.05, 4.69) is 20.9 Å². The van der Waals surface area contributed by atoms with E-state index >= 15 is 0 Å². The van der Waals surface area contributed by atoms with Crippen LogP contribution in [0.4, 0.5) is 0 Å². The molecule has 3 rings (SSSR count). The Morgan fingerprint density at radius 1 is 1.30 bits per heavy atom. The first kappa shape index (κ1) is 12.9. The zero-order chi connectivity index (χ0) is 14.3. The summed E-state index contributed by atoms with van der Waals surface area (Å²) >= 11 is 3.52. The van der Waals surface area contributed by atoms with Gasteiger partial charge in [-0.25, -0.2) is 9.78 Å². The molecule has 0 unspecified atom stereocenters. The van der Waals surface area contributed by atoms with Crippen LogP contribution < -0.4 is 0 Å². The Kier molecular flexibility index (Phi) is 3.06. The average molecular weight is 332 g/mol. The number of carboxylic acid groups (broad SMARTS) is 1. The molecule has 0 aliphatic rings. The molecule has 1 aromatic heterocycles. The molecule has 0 amide bonds. The quantitative estimate of drug-likeness (QED) is 0.761. The van der Waals surface area contributed by atoms with Gasteiger partial charge in [-0.3, -0.25) is 0 Å². The Bertz CT molecular complexity index is 823. The van der Waals surface area contributed by atoms with Crippen molar-refractivity contribution in [2.24, 2.45) is 0 Å². The number of aromatic nitrogens is 1. The molecule has 0 saturated carbocycles. The molecule has 20 heavy (non-hydrogen) atoms. The van der Waals surface area contributed by atoms with E-state index in [-0.39, 0.29) is 5.56 Å². The third-order valence-electron chi connectivity index (χ3n) is 3.06. The van der Waals surface area contributed by atoms with Crippen LogP contribution in [-0.4, -0.2) is 16.1 Å². The molecular weight excluding hydrogens is 322 g/mol. The van der Waals surface area contributed by atoms with Gasteiger partial charge in [0.15, 0.2) is 5.58 Å². The number of hydrogen-bond donors (Lipinski definition) is 1. The van der Waals surface area contributed by atoms with Gasteiger partial charge in [0.05, 0.1) is 11.1 Å². The number of carboxylic acids is 1. The molecule has 4 nitrogen and oxygen atoms in total. The number of halogens is 1. The van der Waals surface area contributed by atoms with E-state index in [1.807, 2.05) is 25.1 Å². The molecule has 1 N–H and O–H groups in total. The summed E-state index contributed by atoms with van der Waals surface area (Å²) in [4.78, 5) is 15.3. The van der Waals surface area contributed by atoms with E-state index in [9.17, 15) is 4.79 Å². The van der Waals surface area contributed by atoms with Crippen molar-refractivity contribution >= 4 is 33.0 Å². The third-order valence-corrected chi connectivity index (χ3v) is 4.11. The van der Waals surface area contributed by atoms with Crippen LogP contribution >= 0.6 is 15.9 Å². The van der Waals surface area contributed by atoms with Gasteiger partial charge in [0, 0.05) is 4.47 Å². The van der Waals surface area contributed by atoms with E-state index in [0.717, 1.165) is 15.6 Å². The highest BCUT2D eigenvalue weighted by atomic mass is 79.9. The van der Waals surface area contributed by atoms with Crippen LogP contribution in [0.3, 0.4) is 0 Å². The largest absolute Gasteiger partial charge is 0.478 e. The Morgan fingerprint density at radius 3 is 2.85 bits per heavy atom. The minimum Gasteiger partial charge on any atom is -0.478 e. The summed E-state index contributed by atoms with van der Waals surface area (Å²) in [7, 11) is 0. The zero-order valence-corrected chi connectivity index (χ0v) is 12.1. The molecule has 5 heteroatoms. The Balaban J connectivity index is 2.18. The van der Waals surface area contributed by atoms with Crippen molar-refractivity contribution in [3.05, 3.63) is 52.0 Å². The summed E-state index contributed by atoms with van der Waals surface area (Å²) < 4.78 is 6.61. The fourth-order valence-electron chi connectivity index (χ4n) is 1.99. The first-order valence-corrected chi connectivity index (χ1v) is 6.75. The lowest BCUT2D eigenvalue weighted by Crippen LogP contribution is -1.94. The molecule has 1 heterocycles. The first-order chi connectivity index (χ1) is 9.56. The van der Waals surface area contributed by atoms with Crippen molar-refractivity contribution < 1.29 is 14.3 Å². The molecule has 0 atom stereocenters. The topological polar surface area (TPSA) is 63.3 Å². The lowest BCUT2D eigenvalue weighted by Gasteiger charge is -2.02. The van der Waals surface area contributed by atoms with Crippen LogP contribution in [0.1, 0.15) is 15.9 Å². The van der Waals surface area contributed by atoms with Gasteiger partial charge < -0.3 is 9.52 Å². The predicted octanol–water partition coefficient (Wildman–Crippen LogP) is 4.26. The number of carbonyl (C=O) groups is 1. The maximum absolute atomic E-state index is 11.0. The van der Waals surface area contributed by atoms with E-state index in [1.165, 1.54) is 12.1 Å². The van der Waals surface area contributed by atoms with Crippen molar-refractivity contribution in [2.75, 3.05) is 0 Å². The molecule has 2 aromatic carbocycles. The molecule has 0 aliphatic carbocycles. The van der Waals surface area contributed by atoms with Gasteiger partial charge in [-0.1, -0.05) is 12.1 Å². The molecule has 0 bridgehead atoms. The van der Waals surface area contributed by atoms with E-state index < -0.39 is 5.97 Å². The second kappa shape index (κ2) is 4.76. The van der Waals surface area contributed by atoms with Crippen LogP contribution in [-0.2, 0) is 0 Å². The van der Waals surface area contributed by atoms with Crippen LogP contribution in [0, 0.1) is 6.92 Å². The number of oxazole rings is 1. The second-order valence-electron chi connectivity index (χ2n) is 4.44. The highest BCUT2D eigenvalue weighted by Gasteiger charge is 2.13. The number of aromatic carboxylic acids is 1. The molecule has 3 aromatic rings. The molecule has 0 fully saturated rings. The summed E-state index contributed by atoms with van der Waals surface area (Å²) in [6.45, 7) is 1.98. The van der Waals surface area contributed by atoms with Crippen molar-refractivity contribution in [1.82, 2.24) is 4.98 Å². The number of benzene rings is 2. The van der Waals surface area contributed by atoms with Gasteiger partial charge in [-0.15, -0.1) is 0 Å². The first-order valence-electron chi connectivity index (χ1n) is 5.95. The maximum atomic E-state index is 11.0. The van der Waals surface area contributed by atoms with Crippen LogP contribution in [0.15, 0.2) is 45.3 Å². The summed E-state index contributed by atoms with van der Waals surface area (Å²) in [5.74, 6) is -0.508. The standard InChI is InChI=1S/C15H10BrNO3/c1-8-3-2-4-10(13(8)16)14-17-11-7-9(15(18)19)5-6-12(11)20-14/h2-7H,1H3,(H,18,19). The van der Waals surface area contributed by atoms with Gasteiger partial charge in [0.2, 0.25) is 5.89 Å². The summed E-state index contributed by atoms with van der Waals surface area (Å²) in [5, 5.41) is 8.98. The van der Waals surface area contributed by atoms with Crippen molar-refractivity contribution in [1.29, 1.82) is 0 Å². The molecule has 100 valence electrons. The van der Waals surface area contributed by atoms with Crippen molar-refractivity contribution in [2.45, 2.75) is 6.92 Å². The number of hydrogen-bond acceptors (Lipinski definition) is 3. The fraction of sp³-hybridized carbons (Fsp3) is 0.0667. The Labute approximate surface area is 123 Å². The lowest BCUT2D eigenvalue weighted by atomic mass is 10.1. The minimum absolute atomic E-state index is 0.195. The van der Waals surface area contributed by atoms with Gasteiger partial charge in [0.1, 0.15) is 5.52 Å². The summed E-state index contributed by atoms with van der Waals surface area (Å²) in [6, 6.07) is 10.4. The normalized spacial score (nSPS) is 10.9. The summed E-state index contributed by atoms with van der Waals surface area (Å²) in [5.41, 5.74) is 3.22. The fourth-order valence-corrected chi connectivity index (χ4v) is 2.42. The van der Waals surface area contributed by atoms with E-state index in [1.54, 1.807) is 6.07 Å². The summed E-state index contributed by atoms with van der Waals surface area (Å²) in [6.07, 6.45) is 0. The zero-order valence-electron chi connectivity index (χ0n) is 10.6. The smallest absolute Gasteiger partial charge is 0.335 e. The molecule has 0 saturated heterocycles. The Hall–Kier alpha value is -2.14.